The number of aromatic nitrogens is 3. The quantitative estimate of drug-likeness (QED) is 0.527. The number of hydrogen-bond donors (Lipinski definition) is 0. The Morgan fingerprint density at radius 3 is 2.55 bits per heavy atom. The number of ether oxygens (including phenoxy) is 2. The predicted octanol–water partition coefficient (Wildman–Crippen LogP) is 5.00. The van der Waals surface area contributed by atoms with Gasteiger partial charge >= 0.3 is 6.18 Å². The van der Waals surface area contributed by atoms with E-state index in [9.17, 15) is 18.0 Å². The zero-order valence-corrected chi connectivity index (χ0v) is 17.9. The number of pyridine rings is 1. The number of rotatable bonds is 9. The van der Waals surface area contributed by atoms with E-state index >= 15 is 0 Å². The maximum atomic E-state index is 12.7. The van der Waals surface area contributed by atoms with Crippen molar-refractivity contribution in [2.24, 2.45) is 11.8 Å². The van der Waals surface area contributed by atoms with Crippen LogP contribution in [0.1, 0.15) is 38.7 Å². The summed E-state index contributed by atoms with van der Waals surface area (Å²) in [5.41, 5.74) is -0.593. The molecule has 168 valence electrons. The molecule has 2 aromatic heterocycles. The van der Waals surface area contributed by atoms with Gasteiger partial charge < -0.3 is 14.3 Å². The molecule has 10 heteroatoms. The van der Waals surface area contributed by atoms with Crippen LogP contribution >= 0.6 is 11.6 Å². The molecule has 2 heterocycles. The Hall–Kier alpha value is -2.26. The third-order valence-electron chi connectivity index (χ3n) is 4.98. The summed E-state index contributed by atoms with van der Waals surface area (Å²) in [5, 5.41) is 0.146. The molecule has 6 nitrogen and oxygen atoms in total. The van der Waals surface area contributed by atoms with E-state index in [1.165, 1.54) is 12.3 Å². The van der Waals surface area contributed by atoms with Crippen molar-refractivity contribution in [1.29, 1.82) is 0 Å². The predicted molar refractivity (Wildman–Crippen MR) is 108 cm³/mol. The van der Waals surface area contributed by atoms with Gasteiger partial charge in [0.25, 0.3) is 0 Å². The largest absolute Gasteiger partial charge is 0.476 e. The van der Waals surface area contributed by atoms with Gasteiger partial charge in [0, 0.05) is 37.2 Å². The van der Waals surface area contributed by atoms with Crippen molar-refractivity contribution in [1.82, 2.24) is 15.0 Å². The monoisotopic (exact) mass is 457 g/mol. The lowest BCUT2D eigenvalue weighted by Crippen LogP contribution is -2.36. The second kappa shape index (κ2) is 9.91. The highest BCUT2D eigenvalue weighted by molar-refractivity contribution is 6.34. The van der Waals surface area contributed by atoms with Gasteiger partial charge in [0.05, 0.1) is 18.3 Å². The van der Waals surface area contributed by atoms with E-state index in [-0.39, 0.29) is 40.5 Å². The number of nitrogens with zero attached hydrogens (tertiary/aromatic N) is 3. The van der Waals surface area contributed by atoms with Gasteiger partial charge in [-0.3, -0.25) is 0 Å². The summed E-state index contributed by atoms with van der Waals surface area (Å²) in [6.45, 7) is 4.51. The van der Waals surface area contributed by atoms with Crippen molar-refractivity contribution < 1.29 is 27.4 Å². The van der Waals surface area contributed by atoms with E-state index in [0.717, 1.165) is 12.8 Å². The molecule has 0 aliphatic heterocycles. The lowest BCUT2D eigenvalue weighted by atomic mass is 9.83. The van der Waals surface area contributed by atoms with Crippen LogP contribution in [0.4, 0.5) is 13.2 Å². The smallest absolute Gasteiger partial charge is 0.419 e. The molecule has 0 radical (unpaired) electrons. The molecular formula is C21H23ClF3N3O3. The average molecular weight is 458 g/mol. The van der Waals surface area contributed by atoms with E-state index in [2.05, 4.69) is 15.0 Å². The maximum Gasteiger partial charge on any atom is 0.419 e. The zero-order valence-electron chi connectivity index (χ0n) is 17.2. The standard InChI is InChI=1S/C21H23ClF3N3O3/c1-12(5-13(2)29)10-30-16-6-14(7-16)11-31-20-18(22)17(3-4-26-20)19-27-8-15(9-28-19)21(23,24)25/h3-4,8-9,12,14,16H,5-7,10-11H2,1-2H3/t12-,14?,16?/m1/s1. The number of ketones is 1. The third kappa shape index (κ3) is 6.36. The molecule has 1 atom stereocenters. The Morgan fingerprint density at radius 1 is 1.26 bits per heavy atom. The number of Topliss-reactive ketones (excluding diaryl/α,β-unsaturated/α-hetero) is 1. The number of carbonyl (C=O) groups is 1. The number of carbonyl (C=O) groups excluding carboxylic acids is 1. The van der Waals surface area contributed by atoms with Crippen molar-refractivity contribution in [2.75, 3.05) is 13.2 Å². The van der Waals surface area contributed by atoms with Crippen molar-refractivity contribution in [3.8, 4) is 17.3 Å². The molecule has 0 N–H and O–H groups in total. The number of hydrogen-bond acceptors (Lipinski definition) is 6. The molecule has 0 amide bonds. The molecule has 1 aliphatic carbocycles. The minimum absolute atomic E-state index is 0.0574. The van der Waals surface area contributed by atoms with Gasteiger partial charge in [-0.25, -0.2) is 15.0 Å². The first kappa shape index (κ1) is 23.4. The van der Waals surface area contributed by atoms with Gasteiger partial charge in [-0.15, -0.1) is 0 Å². The molecule has 0 saturated heterocycles. The second-order valence-electron chi connectivity index (χ2n) is 7.89. The Morgan fingerprint density at radius 2 is 1.94 bits per heavy atom. The summed E-state index contributed by atoms with van der Waals surface area (Å²) in [5.74, 6) is 0.886. The van der Waals surface area contributed by atoms with Crippen LogP contribution in [0.15, 0.2) is 24.7 Å². The van der Waals surface area contributed by atoms with Crippen LogP contribution in [0.5, 0.6) is 5.88 Å². The molecule has 31 heavy (non-hydrogen) atoms. The van der Waals surface area contributed by atoms with Gasteiger partial charge in [-0.1, -0.05) is 18.5 Å². The third-order valence-corrected chi connectivity index (χ3v) is 5.34. The van der Waals surface area contributed by atoms with Crippen molar-refractivity contribution in [3.63, 3.8) is 0 Å². The van der Waals surface area contributed by atoms with E-state index in [1.54, 1.807) is 6.92 Å². The fraction of sp³-hybridized carbons (Fsp3) is 0.524. The average Bonchev–Trinajstić information content (AvgIpc) is 2.66. The van der Waals surface area contributed by atoms with Gasteiger partial charge in [-0.2, -0.15) is 13.2 Å². The molecule has 3 rings (SSSR count). The molecule has 1 aliphatic rings. The second-order valence-corrected chi connectivity index (χ2v) is 8.26. The first-order valence-electron chi connectivity index (χ1n) is 9.91. The lowest BCUT2D eigenvalue weighted by Gasteiger charge is -2.35. The Bertz CT molecular complexity index is 903. The lowest BCUT2D eigenvalue weighted by molar-refractivity contribution is -0.138. The first-order valence-corrected chi connectivity index (χ1v) is 10.3. The van der Waals surface area contributed by atoms with Gasteiger partial charge in [0.1, 0.15) is 10.8 Å². The Balaban J connectivity index is 1.51. The molecule has 1 saturated carbocycles. The Kier molecular flexibility index (Phi) is 7.48. The van der Waals surface area contributed by atoms with Crippen molar-refractivity contribution in [3.05, 3.63) is 35.2 Å². The molecule has 0 spiro atoms. The van der Waals surface area contributed by atoms with Crippen molar-refractivity contribution >= 4 is 17.4 Å². The van der Waals surface area contributed by atoms with Crippen LogP contribution in [0.2, 0.25) is 5.02 Å². The van der Waals surface area contributed by atoms with Crippen LogP contribution in [0.3, 0.4) is 0 Å². The fourth-order valence-electron chi connectivity index (χ4n) is 3.30. The summed E-state index contributed by atoms with van der Waals surface area (Å²) in [7, 11) is 0. The highest BCUT2D eigenvalue weighted by Crippen LogP contribution is 2.35. The zero-order chi connectivity index (χ0) is 22.6. The van der Waals surface area contributed by atoms with Gasteiger partial charge in [-0.05, 0) is 37.7 Å². The minimum Gasteiger partial charge on any atom is -0.476 e. The maximum absolute atomic E-state index is 12.7. The summed E-state index contributed by atoms with van der Waals surface area (Å²) >= 11 is 6.33. The van der Waals surface area contributed by atoms with E-state index in [0.29, 0.717) is 37.6 Å². The number of alkyl halides is 3. The van der Waals surface area contributed by atoms with Crippen LogP contribution in [-0.2, 0) is 15.7 Å². The SMILES string of the molecule is CC(=O)C[C@@H](C)COC1CC(COc2nccc(-c3ncc(C(F)(F)F)cn3)c2Cl)C1. The highest BCUT2D eigenvalue weighted by Gasteiger charge is 2.32. The molecule has 0 bridgehead atoms. The molecule has 0 unspecified atom stereocenters. The van der Waals surface area contributed by atoms with E-state index in [1.807, 2.05) is 6.92 Å². The summed E-state index contributed by atoms with van der Waals surface area (Å²) in [6, 6.07) is 1.52. The minimum atomic E-state index is -4.51. The van der Waals surface area contributed by atoms with Crippen LogP contribution < -0.4 is 4.74 Å². The fourth-order valence-corrected chi connectivity index (χ4v) is 3.56. The first-order chi connectivity index (χ1) is 14.6. The van der Waals surface area contributed by atoms with Gasteiger partial charge in [0.2, 0.25) is 5.88 Å². The topological polar surface area (TPSA) is 74.2 Å². The highest BCUT2D eigenvalue weighted by atomic mass is 35.5. The normalized spacial score (nSPS) is 19.5. The van der Waals surface area contributed by atoms with E-state index < -0.39 is 11.7 Å². The van der Waals surface area contributed by atoms with E-state index in [4.69, 9.17) is 21.1 Å². The molecule has 0 aromatic carbocycles. The Labute approximate surface area is 183 Å². The van der Waals surface area contributed by atoms with Crippen LogP contribution in [0.25, 0.3) is 11.4 Å². The van der Waals surface area contributed by atoms with Crippen molar-refractivity contribution in [2.45, 2.75) is 45.4 Å². The molecule has 1 fully saturated rings. The molecule has 2 aromatic rings. The van der Waals surface area contributed by atoms with Crippen LogP contribution in [0, 0.1) is 11.8 Å². The summed E-state index contributed by atoms with van der Waals surface area (Å²) in [6.07, 6.45) is 0.710. The summed E-state index contributed by atoms with van der Waals surface area (Å²) in [4.78, 5) is 22.7. The van der Waals surface area contributed by atoms with Crippen LogP contribution in [-0.4, -0.2) is 40.1 Å². The summed E-state index contributed by atoms with van der Waals surface area (Å²) < 4.78 is 49.6. The van der Waals surface area contributed by atoms with Gasteiger partial charge in [0.15, 0.2) is 5.82 Å². The number of halogens is 4. The molecular weight excluding hydrogens is 435 g/mol.